The van der Waals surface area contributed by atoms with Gasteiger partial charge in [0.1, 0.15) is 0 Å². The first-order chi connectivity index (χ1) is 7.29. The fourth-order valence-electron chi connectivity index (χ4n) is 1.45. The van der Waals surface area contributed by atoms with E-state index in [-0.39, 0.29) is 0 Å². The number of hydrogen-bond donors (Lipinski definition) is 0. The van der Waals surface area contributed by atoms with Gasteiger partial charge >= 0.3 is 0 Å². The van der Waals surface area contributed by atoms with Crippen molar-refractivity contribution in [2.45, 2.75) is 13.5 Å². The van der Waals surface area contributed by atoms with E-state index in [9.17, 15) is 0 Å². The van der Waals surface area contributed by atoms with Crippen LogP contribution in [0, 0.1) is 6.92 Å². The predicted molar refractivity (Wildman–Crippen MR) is 56.9 cm³/mol. The van der Waals surface area contributed by atoms with Gasteiger partial charge in [0, 0.05) is 18.0 Å². The second kappa shape index (κ2) is 4.13. The van der Waals surface area contributed by atoms with E-state index in [4.69, 9.17) is 4.74 Å². The molecule has 0 radical (unpaired) electrons. The van der Waals surface area contributed by atoms with Crippen LogP contribution in [0.25, 0.3) is 0 Å². The molecule has 2 rings (SSSR count). The Hall–Kier alpha value is -1.84. The van der Waals surface area contributed by atoms with Crippen LogP contribution in [0.3, 0.4) is 0 Å². The molecule has 4 heteroatoms. The molecule has 0 aromatic carbocycles. The van der Waals surface area contributed by atoms with Gasteiger partial charge < -0.3 is 4.74 Å². The molecule has 15 heavy (non-hydrogen) atoms. The zero-order valence-electron chi connectivity index (χ0n) is 8.84. The fourth-order valence-corrected chi connectivity index (χ4v) is 1.45. The quantitative estimate of drug-likeness (QED) is 0.761. The van der Waals surface area contributed by atoms with Crippen molar-refractivity contribution in [2.75, 3.05) is 7.11 Å². The summed E-state index contributed by atoms with van der Waals surface area (Å²) in [7, 11) is 1.63. The predicted octanol–water partition coefficient (Wildman–Crippen LogP) is 1.64. The first kappa shape index (κ1) is 9.71. The number of aromatic nitrogens is 3. The van der Waals surface area contributed by atoms with E-state index in [1.807, 2.05) is 36.0 Å². The summed E-state index contributed by atoms with van der Waals surface area (Å²) >= 11 is 0. The van der Waals surface area contributed by atoms with Gasteiger partial charge in [0.15, 0.2) is 0 Å². The number of rotatable bonds is 3. The SMILES string of the molecule is COc1ncccc1Cn1ccc(C)n1. The lowest BCUT2D eigenvalue weighted by Gasteiger charge is -2.06. The van der Waals surface area contributed by atoms with Crippen molar-refractivity contribution >= 4 is 0 Å². The second-order valence-corrected chi connectivity index (χ2v) is 3.33. The van der Waals surface area contributed by atoms with Gasteiger partial charge in [-0.2, -0.15) is 5.10 Å². The Balaban J connectivity index is 2.23. The maximum Gasteiger partial charge on any atom is 0.218 e. The van der Waals surface area contributed by atoms with Crippen LogP contribution in [0.5, 0.6) is 5.88 Å². The normalized spacial score (nSPS) is 10.3. The van der Waals surface area contributed by atoms with Crippen LogP contribution in [0.2, 0.25) is 0 Å². The summed E-state index contributed by atoms with van der Waals surface area (Å²) in [6.45, 7) is 2.65. The molecule has 0 N–H and O–H groups in total. The molecule has 0 amide bonds. The summed E-state index contributed by atoms with van der Waals surface area (Å²) in [4.78, 5) is 4.14. The Morgan fingerprint density at radius 2 is 2.27 bits per heavy atom. The van der Waals surface area contributed by atoms with Crippen LogP contribution < -0.4 is 4.74 Å². The topological polar surface area (TPSA) is 39.9 Å². The van der Waals surface area contributed by atoms with Gasteiger partial charge in [-0.25, -0.2) is 4.98 Å². The van der Waals surface area contributed by atoms with Gasteiger partial charge in [-0.15, -0.1) is 0 Å². The van der Waals surface area contributed by atoms with E-state index in [1.165, 1.54) is 0 Å². The molecule has 0 saturated heterocycles. The van der Waals surface area contributed by atoms with Gasteiger partial charge in [0.2, 0.25) is 5.88 Å². The third-order valence-corrected chi connectivity index (χ3v) is 2.15. The van der Waals surface area contributed by atoms with Gasteiger partial charge in [-0.05, 0) is 19.1 Å². The molecular weight excluding hydrogens is 190 g/mol. The summed E-state index contributed by atoms with van der Waals surface area (Å²) in [6, 6.07) is 5.86. The Labute approximate surface area is 88.5 Å². The summed E-state index contributed by atoms with van der Waals surface area (Å²) in [5.41, 5.74) is 2.04. The number of nitrogens with zero attached hydrogens (tertiary/aromatic N) is 3. The standard InChI is InChI=1S/C11H13N3O/c1-9-5-7-14(13-9)8-10-4-3-6-12-11(10)15-2/h3-7H,8H2,1-2H3. The van der Waals surface area contributed by atoms with E-state index < -0.39 is 0 Å². The van der Waals surface area contributed by atoms with E-state index >= 15 is 0 Å². The minimum absolute atomic E-state index is 0.658. The number of hydrogen-bond acceptors (Lipinski definition) is 3. The molecule has 0 saturated carbocycles. The van der Waals surface area contributed by atoms with Crippen molar-refractivity contribution in [2.24, 2.45) is 0 Å². The Morgan fingerprint density at radius 1 is 1.40 bits per heavy atom. The van der Waals surface area contributed by atoms with Crippen LogP contribution in [0.1, 0.15) is 11.3 Å². The molecule has 2 aromatic rings. The van der Waals surface area contributed by atoms with E-state index in [0.717, 1.165) is 11.3 Å². The molecule has 0 unspecified atom stereocenters. The highest BCUT2D eigenvalue weighted by molar-refractivity contribution is 5.25. The Kier molecular flexibility index (Phi) is 2.67. The molecule has 4 nitrogen and oxygen atoms in total. The van der Waals surface area contributed by atoms with Crippen molar-refractivity contribution in [1.82, 2.24) is 14.8 Å². The summed E-state index contributed by atoms with van der Waals surface area (Å²) in [5.74, 6) is 0.658. The number of methoxy groups -OCH3 is 1. The molecule has 0 aliphatic rings. The zero-order valence-corrected chi connectivity index (χ0v) is 8.84. The highest BCUT2D eigenvalue weighted by Gasteiger charge is 2.04. The van der Waals surface area contributed by atoms with Crippen molar-refractivity contribution < 1.29 is 4.74 Å². The Bertz CT molecular complexity index is 451. The lowest BCUT2D eigenvalue weighted by Crippen LogP contribution is -2.03. The molecule has 0 aliphatic carbocycles. The molecule has 2 aromatic heterocycles. The fraction of sp³-hybridized carbons (Fsp3) is 0.273. The highest BCUT2D eigenvalue weighted by atomic mass is 16.5. The van der Waals surface area contributed by atoms with Crippen LogP contribution in [-0.4, -0.2) is 21.9 Å². The highest BCUT2D eigenvalue weighted by Crippen LogP contribution is 2.14. The average molecular weight is 203 g/mol. The van der Waals surface area contributed by atoms with Crippen LogP contribution in [0.4, 0.5) is 0 Å². The van der Waals surface area contributed by atoms with Crippen molar-refractivity contribution in [1.29, 1.82) is 0 Å². The zero-order chi connectivity index (χ0) is 10.7. The van der Waals surface area contributed by atoms with Gasteiger partial charge in [0.05, 0.1) is 19.3 Å². The van der Waals surface area contributed by atoms with Gasteiger partial charge in [-0.1, -0.05) is 6.07 Å². The van der Waals surface area contributed by atoms with E-state index in [1.54, 1.807) is 13.3 Å². The van der Waals surface area contributed by atoms with Crippen molar-refractivity contribution in [3.05, 3.63) is 41.9 Å². The van der Waals surface area contributed by atoms with E-state index in [0.29, 0.717) is 12.4 Å². The minimum atomic E-state index is 0.658. The van der Waals surface area contributed by atoms with Crippen LogP contribution in [0.15, 0.2) is 30.6 Å². The summed E-state index contributed by atoms with van der Waals surface area (Å²) in [6.07, 6.45) is 3.67. The molecular formula is C11H13N3O. The number of ether oxygens (including phenoxy) is 1. The molecule has 0 fully saturated rings. The number of aryl methyl sites for hydroxylation is 1. The van der Waals surface area contributed by atoms with Crippen LogP contribution >= 0.6 is 0 Å². The van der Waals surface area contributed by atoms with Gasteiger partial charge in [0.25, 0.3) is 0 Å². The second-order valence-electron chi connectivity index (χ2n) is 3.33. The first-order valence-corrected chi connectivity index (χ1v) is 4.77. The van der Waals surface area contributed by atoms with Gasteiger partial charge in [-0.3, -0.25) is 4.68 Å². The molecule has 0 bridgehead atoms. The van der Waals surface area contributed by atoms with E-state index in [2.05, 4.69) is 10.1 Å². The molecule has 78 valence electrons. The third kappa shape index (κ3) is 2.15. The minimum Gasteiger partial charge on any atom is -0.481 e. The summed E-state index contributed by atoms with van der Waals surface area (Å²) in [5, 5.41) is 4.31. The lowest BCUT2D eigenvalue weighted by atomic mass is 10.3. The first-order valence-electron chi connectivity index (χ1n) is 4.77. The lowest BCUT2D eigenvalue weighted by molar-refractivity contribution is 0.390. The monoisotopic (exact) mass is 203 g/mol. The Morgan fingerprint density at radius 3 is 2.93 bits per heavy atom. The molecule has 2 heterocycles. The molecule has 0 spiro atoms. The average Bonchev–Trinajstić information content (AvgIpc) is 2.65. The van der Waals surface area contributed by atoms with Crippen molar-refractivity contribution in [3.63, 3.8) is 0 Å². The summed E-state index contributed by atoms with van der Waals surface area (Å²) < 4.78 is 7.04. The molecule has 0 aliphatic heterocycles. The number of pyridine rings is 1. The largest absolute Gasteiger partial charge is 0.481 e. The smallest absolute Gasteiger partial charge is 0.218 e. The van der Waals surface area contributed by atoms with Crippen molar-refractivity contribution in [3.8, 4) is 5.88 Å². The third-order valence-electron chi connectivity index (χ3n) is 2.15. The van der Waals surface area contributed by atoms with Crippen LogP contribution in [-0.2, 0) is 6.54 Å². The molecule has 0 atom stereocenters. The maximum atomic E-state index is 5.17. The maximum absolute atomic E-state index is 5.17.